The number of carbonyl (C=O) groups is 1. The van der Waals surface area contributed by atoms with Crippen LogP contribution in [0.3, 0.4) is 0 Å². The Balaban J connectivity index is 1.17. The maximum absolute atomic E-state index is 12.7. The van der Waals surface area contributed by atoms with Gasteiger partial charge in [-0.15, -0.1) is 0 Å². The molecule has 0 radical (unpaired) electrons. The quantitative estimate of drug-likeness (QED) is 0.705. The number of likely N-dealkylation sites (tertiary alicyclic amines) is 1. The average Bonchev–Trinajstić information content (AvgIpc) is 3.26. The average molecular weight is 410 g/mol. The summed E-state index contributed by atoms with van der Waals surface area (Å²) in [5.74, 6) is 1.35. The first-order valence-electron chi connectivity index (χ1n) is 11.5. The van der Waals surface area contributed by atoms with Gasteiger partial charge in [0.1, 0.15) is 5.82 Å². The lowest BCUT2D eigenvalue weighted by Crippen LogP contribution is -2.53. The maximum Gasteiger partial charge on any atom is 0.224 e. The van der Waals surface area contributed by atoms with E-state index in [4.69, 9.17) is 0 Å². The minimum atomic E-state index is 0.289. The number of amides is 1. The Bertz CT molecular complexity index is 789. The van der Waals surface area contributed by atoms with Gasteiger partial charge in [-0.3, -0.25) is 14.6 Å². The van der Waals surface area contributed by atoms with Gasteiger partial charge in [0.05, 0.1) is 0 Å². The monoisotopic (exact) mass is 409 g/mol. The summed E-state index contributed by atoms with van der Waals surface area (Å²) < 4.78 is 2.11. The van der Waals surface area contributed by atoms with Crippen molar-refractivity contribution in [3.8, 4) is 0 Å². The van der Waals surface area contributed by atoms with Crippen molar-refractivity contribution in [2.45, 2.75) is 51.7 Å². The lowest BCUT2D eigenvalue weighted by atomic mass is 10.0. The number of carbonyl (C=O) groups excluding carboxylic acids is 1. The lowest BCUT2D eigenvalue weighted by molar-refractivity contribution is -0.133. The SMILES string of the molecule is CCc1nccn1CCC(=O)N1CCC(N2CCN(Cc3ccccc3)CC2)CC1. The molecule has 30 heavy (non-hydrogen) atoms. The Kier molecular flexibility index (Phi) is 7.18. The molecule has 0 atom stereocenters. The van der Waals surface area contributed by atoms with E-state index in [-0.39, 0.29) is 5.91 Å². The lowest BCUT2D eigenvalue weighted by Gasteiger charge is -2.42. The predicted octanol–water partition coefficient (Wildman–Crippen LogP) is 2.64. The molecule has 1 aromatic heterocycles. The van der Waals surface area contributed by atoms with Crippen LogP contribution in [0.25, 0.3) is 0 Å². The molecule has 0 bridgehead atoms. The van der Waals surface area contributed by atoms with Crippen molar-refractivity contribution in [1.82, 2.24) is 24.3 Å². The van der Waals surface area contributed by atoms with E-state index < -0.39 is 0 Å². The van der Waals surface area contributed by atoms with E-state index in [2.05, 4.69) is 61.5 Å². The molecule has 0 unspecified atom stereocenters. The van der Waals surface area contributed by atoms with Crippen LogP contribution in [0.2, 0.25) is 0 Å². The van der Waals surface area contributed by atoms with E-state index in [9.17, 15) is 4.79 Å². The van der Waals surface area contributed by atoms with Crippen LogP contribution in [0.1, 0.15) is 37.6 Å². The molecular formula is C24H35N5O. The Labute approximate surface area is 180 Å². The number of imidazole rings is 1. The number of aryl methyl sites for hydroxylation is 2. The summed E-state index contributed by atoms with van der Waals surface area (Å²) >= 11 is 0. The number of hydrogen-bond donors (Lipinski definition) is 0. The second kappa shape index (κ2) is 10.2. The van der Waals surface area contributed by atoms with Gasteiger partial charge in [0.25, 0.3) is 0 Å². The van der Waals surface area contributed by atoms with Crippen LogP contribution in [-0.2, 0) is 24.3 Å². The maximum atomic E-state index is 12.7. The summed E-state index contributed by atoms with van der Waals surface area (Å²) in [7, 11) is 0. The van der Waals surface area contributed by atoms with Gasteiger partial charge in [-0.05, 0) is 18.4 Å². The minimum absolute atomic E-state index is 0.289. The number of piperazine rings is 1. The summed E-state index contributed by atoms with van der Waals surface area (Å²) in [5, 5.41) is 0. The molecule has 0 saturated carbocycles. The van der Waals surface area contributed by atoms with Crippen molar-refractivity contribution in [2.75, 3.05) is 39.3 Å². The van der Waals surface area contributed by atoms with Crippen molar-refractivity contribution >= 4 is 5.91 Å². The van der Waals surface area contributed by atoms with Gasteiger partial charge in [0.15, 0.2) is 0 Å². The van der Waals surface area contributed by atoms with Crippen molar-refractivity contribution in [1.29, 1.82) is 0 Å². The highest BCUT2D eigenvalue weighted by Crippen LogP contribution is 2.20. The first kappa shape index (κ1) is 21.1. The van der Waals surface area contributed by atoms with E-state index in [1.54, 1.807) is 0 Å². The number of hydrogen-bond acceptors (Lipinski definition) is 4. The van der Waals surface area contributed by atoms with Crippen molar-refractivity contribution in [3.05, 3.63) is 54.1 Å². The van der Waals surface area contributed by atoms with Crippen LogP contribution in [0.4, 0.5) is 0 Å². The van der Waals surface area contributed by atoms with Crippen molar-refractivity contribution in [3.63, 3.8) is 0 Å². The number of rotatable bonds is 7. The molecule has 2 fully saturated rings. The van der Waals surface area contributed by atoms with Crippen LogP contribution in [0.5, 0.6) is 0 Å². The van der Waals surface area contributed by atoms with Crippen LogP contribution in [0.15, 0.2) is 42.7 Å². The van der Waals surface area contributed by atoms with Crippen molar-refractivity contribution < 1.29 is 4.79 Å². The molecule has 1 aromatic carbocycles. The van der Waals surface area contributed by atoms with Gasteiger partial charge in [0.2, 0.25) is 5.91 Å². The third-order valence-corrected chi connectivity index (χ3v) is 6.67. The molecule has 0 spiro atoms. The summed E-state index contributed by atoms with van der Waals surface area (Å²) in [6.45, 7) is 10.3. The van der Waals surface area contributed by atoms with Crippen molar-refractivity contribution in [2.24, 2.45) is 0 Å². The molecule has 6 heteroatoms. The van der Waals surface area contributed by atoms with E-state index in [1.165, 1.54) is 5.56 Å². The normalized spacial score (nSPS) is 19.3. The van der Waals surface area contributed by atoms with Crippen LogP contribution in [-0.4, -0.2) is 75.5 Å². The first-order chi connectivity index (χ1) is 14.7. The second-order valence-corrected chi connectivity index (χ2v) is 8.55. The predicted molar refractivity (Wildman–Crippen MR) is 119 cm³/mol. The Morgan fingerprint density at radius 1 is 1.03 bits per heavy atom. The molecule has 2 aliphatic heterocycles. The largest absolute Gasteiger partial charge is 0.343 e. The molecule has 162 valence electrons. The minimum Gasteiger partial charge on any atom is -0.343 e. The molecule has 0 N–H and O–H groups in total. The van der Waals surface area contributed by atoms with Crippen LogP contribution in [0, 0.1) is 0 Å². The highest BCUT2D eigenvalue weighted by Gasteiger charge is 2.29. The molecule has 6 nitrogen and oxygen atoms in total. The summed E-state index contributed by atoms with van der Waals surface area (Å²) in [6.07, 6.45) is 7.51. The third-order valence-electron chi connectivity index (χ3n) is 6.67. The fraction of sp³-hybridized carbons (Fsp3) is 0.583. The van der Waals surface area contributed by atoms with Gasteiger partial charge in [-0.1, -0.05) is 37.3 Å². The zero-order valence-electron chi connectivity index (χ0n) is 18.2. The molecule has 2 aromatic rings. The van der Waals surface area contributed by atoms with E-state index in [0.29, 0.717) is 12.5 Å². The highest BCUT2D eigenvalue weighted by atomic mass is 16.2. The zero-order chi connectivity index (χ0) is 20.8. The molecule has 3 heterocycles. The molecule has 2 aliphatic rings. The van der Waals surface area contributed by atoms with Crippen LogP contribution < -0.4 is 0 Å². The summed E-state index contributed by atoms with van der Waals surface area (Å²) in [5.41, 5.74) is 1.40. The number of benzene rings is 1. The molecule has 0 aliphatic carbocycles. The van der Waals surface area contributed by atoms with Gasteiger partial charge in [-0.2, -0.15) is 0 Å². The summed E-state index contributed by atoms with van der Waals surface area (Å²) in [6, 6.07) is 11.4. The van der Waals surface area contributed by atoms with Gasteiger partial charge >= 0.3 is 0 Å². The molecule has 1 amide bonds. The van der Waals surface area contributed by atoms with E-state index >= 15 is 0 Å². The van der Waals surface area contributed by atoms with Crippen LogP contribution >= 0.6 is 0 Å². The Morgan fingerprint density at radius 3 is 2.47 bits per heavy atom. The van der Waals surface area contributed by atoms with E-state index in [1.807, 2.05) is 12.4 Å². The molecule has 4 rings (SSSR count). The topological polar surface area (TPSA) is 44.6 Å². The smallest absolute Gasteiger partial charge is 0.224 e. The number of piperidine rings is 1. The molecular weight excluding hydrogens is 374 g/mol. The second-order valence-electron chi connectivity index (χ2n) is 8.55. The fourth-order valence-corrected chi connectivity index (χ4v) is 4.84. The van der Waals surface area contributed by atoms with E-state index in [0.717, 1.165) is 77.4 Å². The third kappa shape index (κ3) is 5.29. The first-order valence-corrected chi connectivity index (χ1v) is 11.5. The molecule has 2 saturated heterocycles. The number of aromatic nitrogens is 2. The fourth-order valence-electron chi connectivity index (χ4n) is 4.84. The van der Waals surface area contributed by atoms with Gasteiger partial charge in [0, 0.05) is 83.6 Å². The Hall–Kier alpha value is -2.18. The zero-order valence-corrected chi connectivity index (χ0v) is 18.2. The van der Waals surface area contributed by atoms with Gasteiger partial charge in [-0.25, -0.2) is 4.98 Å². The Morgan fingerprint density at radius 2 is 1.77 bits per heavy atom. The number of nitrogens with zero attached hydrogens (tertiary/aromatic N) is 5. The highest BCUT2D eigenvalue weighted by molar-refractivity contribution is 5.76. The standard InChI is InChI=1S/C24H35N5O/c1-2-23-25-11-15-28(23)14-10-24(30)29-12-8-22(9-13-29)27-18-16-26(17-19-27)20-21-6-4-3-5-7-21/h3-7,11,15,22H,2,8-10,12-14,16-20H2,1H3. The summed E-state index contributed by atoms with van der Waals surface area (Å²) in [4.78, 5) is 24.3. The van der Waals surface area contributed by atoms with Gasteiger partial charge < -0.3 is 9.47 Å².